The van der Waals surface area contributed by atoms with Gasteiger partial charge in [0, 0.05) is 0 Å². The molecule has 1 aliphatic rings. The largest absolute Gasteiger partial charge is 0.478 e. The normalized spacial score (nSPS) is 19.6. The molecule has 6 heteroatoms. The van der Waals surface area contributed by atoms with Gasteiger partial charge in [0.2, 0.25) is 0 Å². The maximum atomic E-state index is 11.0. The number of carbonyl (C=O) groups excluding carboxylic acids is 2. The first-order valence-electron chi connectivity index (χ1n) is 4.42. The minimum absolute atomic E-state index is 0.171. The van der Waals surface area contributed by atoms with Gasteiger partial charge < -0.3 is 10.4 Å². The second-order valence-electron chi connectivity index (χ2n) is 3.19. The summed E-state index contributed by atoms with van der Waals surface area (Å²) in [7, 11) is 0. The summed E-state index contributed by atoms with van der Waals surface area (Å²) in [6, 6.07) is 6.04. The summed E-state index contributed by atoms with van der Waals surface area (Å²) in [6.45, 7) is 0. The molecular weight excluding hydrogens is 230 g/mol. The van der Waals surface area contributed by atoms with E-state index in [1.54, 1.807) is 12.1 Å². The zero-order valence-corrected chi connectivity index (χ0v) is 8.78. The molecule has 2 N–H and O–H groups in total. The molecule has 0 bridgehead atoms. The summed E-state index contributed by atoms with van der Waals surface area (Å²) in [5.74, 6) is -1.62. The average molecular weight is 237 g/mol. The van der Waals surface area contributed by atoms with Gasteiger partial charge in [-0.05, 0) is 29.5 Å². The average Bonchev–Trinajstić information content (AvgIpc) is 2.59. The van der Waals surface area contributed by atoms with Gasteiger partial charge in [-0.3, -0.25) is 9.59 Å². The molecule has 1 aromatic carbocycles. The van der Waals surface area contributed by atoms with Gasteiger partial charge in [0.25, 0.3) is 11.0 Å². The van der Waals surface area contributed by atoms with Crippen molar-refractivity contribution < 1.29 is 19.5 Å². The monoisotopic (exact) mass is 237 g/mol. The smallest absolute Gasteiger partial charge is 0.335 e. The predicted octanol–water partition coefficient (Wildman–Crippen LogP) is 0.773. The highest BCUT2D eigenvalue weighted by Gasteiger charge is 2.31. The van der Waals surface area contributed by atoms with Gasteiger partial charge in [0.1, 0.15) is 5.37 Å². The molecule has 0 spiro atoms. The molecule has 0 aliphatic carbocycles. The molecule has 1 saturated heterocycles. The third-order valence-electron chi connectivity index (χ3n) is 2.13. The number of thioether (sulfide) groups is 1. The first-order valence-corrected chi connectivity index (χ1v) is 5.30. The van der Waals surface area contributed by atoms with Crippen LogP contribution in [0.25, 0.3) is 0 Å². The van der Waals surface area contributed by atoms with Crippen LogP contribution in [-0.4, -0.2) is 22.1 Å². The Morgan fingerprint density at radius 2 is 1.88 bits per heavy atom. The third kappa shape index (κ3) is 1.92. The first kappa shape index (κ1) is 10.7. The molecule has 1 atom stereocenters. The number of carboxylic acids is 1. The Balaban J connectivity index is 2.20. The molecule has 1 aliphatic heterocycles. The van der Waals surface area contributed by atoms with E-state index >= 15 is 0 Å². The lowest BCUT2D eigenvalue weighted by Crippen LogP contribution is -2.21. The van der Waals surface area contributed by atoms with Crippen LogP contribution in [0.15, 0.2) is 24.3 Å². The molecular formula is C10H7NO4S. The summed E-state index contributed by atoms with van der Waals surface area (Å²) in [5.41, 5.74) is 0.874. The van der Waals surface area contributed by atoms with Gasteiger partial charge >= 0.3 is 5.97 Å². The van der Waals surface area contributed by atoms with E-state index in [4.69, 9.17) is 5.11 Å². The van der Waals surface area contributed by atoms with Gasteiger partial charge in [-0.1, -0.05) is 12.1 Å². The van der Waals surface area contributed by atoms with Crippen molar-refractivity contribution in [2.75, 3.05) is 0 Å². The van der Waals surface area contributed by atoms with E-state index in [0.717, 1.165) is 11.8 Å². The number of hydrogen-bond donors (Lipinski definition) is 2. The van der Waals surface area contributed by atoms with Crippen LogP contribution < -0.4 is 5.32 Å². The highest BCUT2D eigenvalue weighted by Crippen LogP contribution is 2.31. The predicted molar refractivity (Wildman–Crippen MR) is 56.9 cm³/mol. The molecule has 1 amide bonds. The van der Waals surface area contributed by atoms with E-state index in [0.29, 0.717) is 5.56 Å². The number of hydrogen-bond acceptors (Lipinski definition) is 4. The highest BCUT2D eigenvalue weighted by atomic mass is 32.2. The summed E-state index contributed by atoms with van der Waals surface area (Å²) < 4.78 is 0. The molecule has 1 fully saturated rings. The summed E-state index contributed by atoms with van der Waals surface area (Å²) in [6.07, 6.45) is 0. The molecule has 1 unspecified atom stereocenters. The van der Waals surface area contributed by atoms with Crippen molar-refractivity contribution in [2.45, 2.75) is 5.37 Å². The van der Waals surface area contributed by atoms with Gasteiger partial charge in [-0.2, -0.15) is 0 Å². The van der Waals surface area contributed by atoms with Crippen LogP contribution in [0.5, 0.6) is 0 Å². The zero-order valence-electron chi connectivity index (χ0n) is 7.97. The van der Waals surface area contributed by atoms with E-state index in [-0.39, 0.29) is 5.56 Å². The van der Waals surface area contributed by atoms with Crippen LogP contribution >= 0.6 is 11.8 Å². The highest BCUT2D eigenvalue weighted by molar-refractivity contribution is 8.16. The van der Waals surface area contributed by atoms with Crippen molar-refractivity contribution in [1.29, 1.82) is 0 Å². The molecule has 0 radical (unpaired) electrons. The van der Waals surface area contributed by atoms with Gasteiger partial charge in [0.15, 0.2) is 0 Å². The Morgan fingerprint density at radius 1 is 1.25 bits per heavy atom. The second-order valence-corrected chi connectivity index (χ2v) is 4.26. The molecule has 1 heterocycles. The van der Waals surface area contributed by atoms with Crippen molar-refractivity contribution in [3.05, 3.63) is 35.4 Å². The quantitative estimate of drug-likeness (QED) is 0.742. The van der Waals surface area contributed by atoms with Crippen LogP contribution in [0.3, 0.4) is 0 Å². The van der Waals surface area contributed by atoms with Crippen molar-refractivity contribution in [2.24, 2.45) is 0 Å². The maximum Gasteiger partial charge on any atom is 0.335 e. The van der Waals surface area contributed by atoms with E-state index in [2.05, 4.69) is 5.32 Å². The van der Waals surface area contributed by atoms with Crippen molar-refractivity contribution in [3.8, 4) is 0 Å². The van der Waals surface area contributed by atoms with Crippen molar-refractivity contribution in [1.82, 2.24) is 5.32 Å². The molecule has 1 aromatic rings. The minimum atomic E-state index is -1.01. The lowest BCUT2D eigenvalue weighted by atomic mass is 10.1. The molecule has 0 aromatic heterocycles. The van der Waals surface area contributed by atoms with E-state index < -0.39 is 22.4 Å². The SMILES string of the molecule is O=C1NC(c2ccc(C(=O)O)cc2)SC1=O. The van der Waals surface area contributed by atoms with Crippen molar-refractivity contribution in [3.63, 3.8) is 0 Å². The Morgan fingerprint density at radius 3 is 2.31 bits per heavy atom. The number of carbonyl (C=O) groups is 3. The van der Waals surface area contributed by atoms with Crippen LogP contribution in [0, 0.1) is 0 Å². The van der Waals surface area contributed by atoms with Crippen LogP contribution in [0.1, 0.15) is 21.3 Å². The lowest BCUT2D eigenvalue weighted by molar-refractivity contribution is -0.132. The molecule has 2 rings (SSSR count). The fourth-order valence-corrected chi connectivity index (χ4v) is 2.16. The standard InChI is InChI=1S/C10H7NO4S/c12-7-10(15)16-8(11-7)5-1-3-6(4-2-5)9(13)14/h1-4,8H,(H,11,12)(H,13,14). The maximum absolute atomic E-state index is 11.0. The minimum Gasteiger partial charge on any atom is -0.478 e. The Bertz CT molecular complexity index is 452. The second kappa shape index (κ2) is 3.97. The summed E-state index contributed by atoms with van der Waals surface area (Å²) in [4.78, 5) is 32.6. The number of amides is 1. The zero-order chi connectivity index (χ0) is 11.7. The topological polar surface area (TPSA) is 83.5 Å². The number of rotatable bonds is 2. The number of aromatic carboxylic acids is 1. The first-order chi connectivity index (χ1) is 7.58. The van der Waals surface area contributed by atoms with E-state index in [1.807, 2.05) is 0 Å². The number of nitrogens with one attached hydrogen (secondary N) is 1. The fraction of sp³-hybridized carbons (Fsp3) is 0.100. The van der Waals surface area contributed by atoms with Gasteiger partial charge in [-0.25, -0.2) is 4.79 Å². The molecule has 16 heavy (non-hydrogen) atoms. The Hall–Kier alpha value is -1.82. The fourth-order valence-electron chi connectivity index (χ4n) is 1.32. The Labute approximate surface area is 94.8 Å². The van der Waals surface area contributed by atoms with Crippen LogP contribution in [0.4, 0.5) is 0 Å². The molecule has 82 valence electrons. The lowest BCUT2D eigenvalue weighted by Gasteiger charge is -2.07. The summed E-state index contributed by atoms with van der Waals surface area (Å²) >= 11 is 0.894. The summed E-state index contributed by atoms with van der Waals surface area (Å²) in [5, 5.41) is 10.3. The Kier molecular flexibility index (Phi) is 2.66. The van der Waals surface area contributed by atoms with Crippen molar-refractivity contribution >= 4 is 28.8 Å². The van der Waals surface area contributed by atoms with Gasteiger partial charge in [0.05, 0.1) is 5.56 Å². The van der Waals surface area contributed by atoms with Gasteiger partial charge in [-0.15, -0.1) is 0 Å². The molecule has 0 saturated carbocycles. The van der Waals surface area contributed by atoms with E-state index in [1.165, 1.54) is 12.1 Å². The third-order valence-corrected chi connectivity index (χ3v) is 3.16. The van der Waals surface area contributed by atoms with Crippen LogP contribution in [0.2, 0.25) is 0 Å². The number of carboxylic acid groups (broad SMARTS) is 1. The molecule has 5 nitrogen and oxygen atoms in total. The number of benzene rings is 1. The van der Waals surface area contributed by atoms with Crippen LogP contribution in [-0.2, 0) is 9.59 Å². The van der Waals surface area contributed by atoms with E-state index in [9.17, 15) is 14.4 Å².